The van der Waals surface area contributed by atoms with E-state index in [1.54, 1.807) is 30.3 Å². The molecule has 2 aromatic carbocycles. The van der Waals surface area contributed by atoms with Gasteiger partial charge in [-0.05, 0) is 35.9 Å². The maximum Gasteiger partial charge on any atom is 0.422 e. The highest BCUT2D eigenvalue weighted by Crippen LogP contribution is 2.38. The topological polar surface area (TPSA) is 62.2 Å². The quantitative estimate of drug-likeness (QED) is 0.631. The van der Waals surface area contributed by atoms with Gasteiger partial charge in [0.2, 0.25) is 0 Å². The lowest BCUT2D eigenvalue weighted by atomic mass is 9.96. The molecule has 3 rings (SSSR count). The van der Waals surface area contributed by atoms with Crippen molar-refractivity contribution in [1.82, 2.24) is 4.98 Å². The number of alkyl halides is 3. The number of carbonyl (C=O) groups is 1. The van der Waals surface area contributed by atoms with Gasteiger partial charge in [-0.1, -0.05) is 41.9 Å². The average Bonchev–Trinajstić information content (AvgIpc) is 2.66. The molecule has 8 heteroatoms. The Kier molecular flexibility index (Phi) is 5.56. The first-order valence-corrected chi connectivity index (χ1v) is 8.40. The van der Waals surface area contributed by atoms with E-state index >= 15 is 0 Å². The normalized spacial score (nSPS) is 11.3. The van der Waals surface area contributed by atoms with Crippen LogP contribution in [-0.4, -0.2) is 23.7 Å². The fourth-order valence-corrected chi connectivity index (χ4v) is 2.81. The molecule has 0 unspecified atom stereocenters. The Morgan fingerprint density at radius 3 is 2.39 bits per heavy atom. The lowest BCUT2D eigenvalue weighted by Gasteiger charge is -2.16. The molecule has 0 aliphatic heterocycles. The molecule has 0 aliphatic carbocycles. The Bertz CT molecular complexity index is 1020. The number of carboxylic acids is 1. The number of nitrogens with zero attached hydrogens (tertiary/aromatic N) is 1. The first-order valence-electron chi connectivity index (χ1n) is 8.02. The Balaban J connectivity index is 2.12. The largest absolute Gasteiger partial charge is 0.543 e. The van der Waals surface area contributed by atoms with Crippen molar-refractivity contribution >= 4 is 17.6 Å². The molecule has 0 N–H and O–H groups in total. The van der Waals surface area contributed by atoms with Crippen LogP contribution in [-0.2, 0) is 0 Å². The van der Waals surface area contributed by atoms with Gasteiger partial charge in [0.25, 0.3) is 0 Å². The third kappa shape index (κ3) is 4.61. The van der Waals surface area contributed by atoms with E-state index in [1.807, 2.05) is 0 Å². The fraction of sp³-hybridized carbons (Fsp3) is 0.100. The summed E-state index contributed by atoms with van der Waals surface area (Å²) in [6.45, 7) is -1.46. The van der Waals surface area contributed by atoms with Crippen LogP contribution in [0.2, 0.25) is 5.02 Å². The molecule has 0 bridgehead atoms. The summed E-state index contributed by atoms with van der Waals surface area (Å²) in [5.74, 6) is -1.44. The number of benzene rings is 2. The summed E-state index contributed by atoms with van der Waals surface area (Å²) in [7, 11) is 0. The Morgan fingerprint density at radius 1 is 1.00 bits per heavy atom. The minimum atomic E-state index is -4.50. The van der Waals surface area contributed by atoms with Gasteiger partial charge in [0.15, 0.2) is 6.61 Å². The van der Waals surface area contributed by atoms with Crippen molar-refractivity contribution in [2.75, 3.05) is 6.61 Å². The first kappa shape index (κ1) is 19.7. The number of carbonyl (C=O) groups excluding carboxylic acids is 1. The highest BCUT2D eigenvalue weighted by Gasteiger charge is 2.29. The van der Waals surface area contributed by atoms with Crippen LogP contribution in [0.4, 0.5) is 13.2 Å². The summed E-state index contributed by atoms with van der Waals surface area (Å²) in [5, 5.41) is 11.4. The molecule has 0 saturated heterocycles. The van der Waals surface area contributed by atoms with Gasteiger partial charge in [-0.25, -0.2) is 4.98 Å². The van der Waals surface area contributed by atoms with Crippen molar-refractivity contribution in [2.45, 2.75) is 6.18 Å². The molecule has 0 amide bonds. The van der Waals surface area contributed by atoms with E-state index in [0.717, 1.165) is 0 Å². The zero-order valence-electron chi connectivity index (χ0n) is 14.2. The summed E-state index contributed by atoms with van der Waals surface area (Å²) in [6, 6.07) is 15.4. The minimum absolute atomic E-state index is 0.00905. The van der Waals surface area contributed by atoms with Crippen LogP contribution in [0.25, 0.3) is 22.4 Å². The second kappa shape index (κ2) is 7.90. The number of carboxylic acid groups (broad SMARTS) is 1. The molecule has 1 aromatic heterocycles. The maximum atomic E-state index is 12.6. The van der Waals surface area contributed by atoms with Crippen molar-refractivity contribution in [1.29, 1.82) is 0 Å². The van der Waals surface area contributed by atoms with Gasteiger partial charge < -0.3 is 14.6 Å². The number of pyridine rings is 1. The SMILES string of the molecule is O=C([O-])c1cccc(-c2ccccc2-c2cc(Cl)ccc2OCC(F)(F)F)n1. The van der Waals surface area contributed by atoms with Crippen molar-refractivity contribution in [2.24, 2.45) is 0 Å². The Labute approximate surface area is 163 Å². The van der Waals surface area contributed by atoms with Crippen molar-refractivity contribution in [3.8, 4) is 28.1 Å². The summed E-state index contributed by atoms with van der Waals surface area (Å²) in [5.41, 5.74) is 1.38. The molecular formula is C20H12ClF3NO3-. The molecule has 0 radical (unpaired) electrons. The summed E-state index contributed by atoms with van der Waals surface area (Å²) < 4.78 is 42.7. The van der Waals surface area contributed by atoms with Crippen LogP contribution < -0.4 is 9.84 Å². The number of halogens is 4. The van der Waals surface area contributed by atoms with Gasteiger partial charge in [0, 0.05) is 16.1 Å². The summed E-state index contributed by atoms with van der Waals surface area (Å²) in [4.78, 5) is 15.1. The average molecular weight is 407 g/mol. The number of aromatic nitrogens is 1. The number of rotatable bonds is 5. The number of hydrogen-bond acceptors (Lipinski definition) is 4. The highest BCUT2D eigenvalue weighted by molar-refractivity contribution is 6.31. The van der Waals surface area contributed by atoms with Gasteiger partial charge in [0.1, 0.15) is 5.75 Å². The van der Waals surface area contributed by atoms with E-state index < -0.39 is 18.8 Å². The van der Waals surface area contributed by atoms with Crippen molar-refractivity contribution in [3.63, 3.8) is 0 Å². The van der Waals surface area contributed by atoms with Gasteiger partial charge in [-0.2, -0.15) is 13.2 Å². The zero-order chi connectivity index (χ0) is 20.3. The van der Waals surface area contributed by atoms with Crippen molar-refractivity contribution < 1.29 is 27.8 Å². The number of hydrogen-bond donors (Lipinski definition) is 0. The fourth-order valence-electron chi connectivity index (χ4n) is 2.64. The molecule has 0 atom stereocenters. The summed E-state index contributed by atoms with van der Waals surface area (Å²) >= 11 is 6.04. The lowest BCUT2D eigenvalue weighted by Crippen LogP contribution is -2.23. The monoisotopic (exact) mass is 406 g/mol. The molecule has 144 valence electrons. The first-order chi connectivity index (χ1) is 13.2. The molecule has 0 spiro atoms. The number of aromatic carboxylic acids is 1. The van der Waals surface area contributed by atoms with Gasteiger partial charge in [-0.15, -0.1) is 0 Å². The van der Waals surface area contributed by atoms with Gasteiger partial charge >= 0.3 is 6.18 Å². The molecule has 0 fully saturated rings. The van der Waals surface area contributed by atoms with Crippen molar-refractivity contribution in [3.05, 3.63) is 71.4 Å². The molecular weight excluding hydrogens is 395 g/mol. The van der Waals surface area contributed by atoms with Gasteiger partial charge in [-0.3, -0.25) is 0 Å². The summed E-state index contributed by atoms with van der Waals surface area (Å²) in [6.07, 6.45) is -4.50. The smallest absolute Gasteiger partial charge is 0.422 e. The van der Waals surface area contributed by atoms with Crippen LogP contribution in [0, 0.1) is 0 Å². The van der Waals surface area contributed by atoms with E-state index in [1.165, 1.54) is 30.3 Å². The predicted octanol–water partition coefficient (Wildman–Crippen LogP) is 4.37. The molecule has 0 saturated carbocycles. The molecule has 1 heterocycles. The standard InChI is InChI=1S/C20H13ClF3NO3/c21-12-8-9-18(28-11-20(22,23)24)15(10-12)13-4-1-2-5-14(13)16-6-3-7-17(25-16)19(26)27/h1-10H,11H2,(H,26,27)/p-1. The second-order valence-corrected chi connectivity index (χ2v) is 6.22. The molecule has 0 aliphatic rings. The van der Waals surface area contributed by atoms with E-state index in [4.69, 9.17) is 16.3 Å². The molecule has 3 aromatic rings. The highest BCUT2D eigenvalue weighted by atomic mass is 35.5. The van der Waals surface area contributed by atoms with E-state index in [-0.39, 0.29) is 11.4 Å². The molecule has 28 heavy (non-hydrogen) atoms. The third-order valence-corrected chi connectivity index (χ3v) is 4.02. The van der Waals surface area contributed by atoms with Crippen LogP contribution >= 0.6 is 11.6 Å². The van der Waals surface area contributed by atoms with E-state index in [2.05, 4.69) is 4.98 Å². The number of ether oxygens (including phenoxy) is 1. The Hall–Kier alpha value is -3.06. The zero-order valence-corrected chi connectivity index (χ0v) is 14.9. The predicted molar refractivity (Wildman–Crippen MR) is 96.0 cm³/mol. The minimum Gasteiger partial charge on any atom is -0.543 e. The van der Waals surface area contributed by atoms with Crippen LogP contribution in [0.15, 0.2) is 60.7 Å². The molecule has 4 nitrogen and oxygen atoms in total. The maximum absolute atomic E-state index is 12.6. The third-order valence-electron chi connectivity index (χ3n) is 3.78. The second-order valence-electron chi connectivity index (χ2n) is 5.79. The van der Waals surface area contributed by atoms with Crippen LogP contribution in [0.3, 0.4) is 0 Å². The lowest BCUT2D eigenvalue weighted by molar-refractivity contribution is -0.255. The Morgan fingerprint density at radius 2 is 1.71 bits per heavy atom. The van der Waals surface area contributed by atoms with Gasteiger partial charge in [0.05, 0.1) is 17.4 Å². The van der Waals surface area contributed by atoms with E-state index in [9.17, 15) is 23.1 Å². The van der Waals surface area contributed by atoms with Crippen LogP contribution in [0.1, 0.15) is 10.5 Å². The van der Waals surface area contributed by atoms with Crippen LogP contribution in [0.5, 0.6) is 5.75 Å². The van der Waals surface area contributed by atoms with E-state index in [0.29, 0.717) is 27.4 Å².